The van der Waals surface area contributed by atoms with E-state index in [1.54, 1.807) is 0 Å². The van der Waals surface area contributed by atoms with Crippen molar-refractivity contribution in [1.82, 2.24) is 4.90 Å². The summed E-state index contributed by atoms with van der Waals surface area (Å²) in [6.07, 6.45) is 8.40. The largest absolute Gasteiger partial charge is 0.268 e. The van der Waals surface area contributed by atoms with Crippen LogP contribution in [0.25, 0.3) is 0 Å². The van der Waals surface area contributed by atoms with Crippen LogP contribution in [-0.4, -0.2) is 16.7 Å². The van der Waals surface area contributed by atoms with Gasteiger partial charge in [0, 0.05) is 31.0 Å². The van der Waals surface area contributed by atoms with Gasteiger partial charge in [-0.1, -0.05) is 5.92 Å². The summed E-state index contributed by atoms with van der Waals surface area (Å²) in [5.74, 6) is 4.27. The Kier molecular flexibility index (Phi) is 2.89. The molecule has 0 fully saturated rings. The van der Waals surface area contributed by atoms with Crippen LogP contribution in [0.4, 0.5) is 0 Å². The van der Waals surface area contributed by atoms with Crippen LogP contribution >= 0.6 is 0 Å². The molecule has 0 aromatic heterocycles. The lowest BCUT2D eigenvalue weighted by Crippen LogP contribution is -2.24. The standard InChI is InChI=1S/C10H7NO2/c1-2-3-4-5-8-11-9(12)6-7-10(11)13/h1,6-7H,3-4H2. The van der Waals surface area contributed by atoms with Crippen LogP contribution < -0.4 is 0 Å². The van der Waals surface area contributed by atoms with E-state index >= 15 is 0 Å². The number of hydrogen-bond donors (Lipinski definition) is 0. The van der Waals surface area contributed by atoms with Gasteiger partial charge in [0.1, 0.15) is 0 Å². The predicted molar refractivity (Wildman–Crippen MR) is 46.8 cm³/mol. The SMILES string of the molecule is C#CCCC#CN1C(=O)C=CC1=O. The van der Waals surface area contributed by atoms with E-state index in [0.29, 0.717) is 12.8 Å². The van der Waals surface area contributed by atoms with Crippen LogP contribution in [0.1, 0.15) is 12.8 Å². The molecule has 1 aliphatic heterocycles. The second-order valence-corrected chi connectivity index (χ2v) is 2.34. The molecule has 3 heteroatoms. The fraction of sp³-hybridized carbons (Fsp3) is 0.200. The van der Waals surface area contributed by atoms with Crippen LogP contribution in [0.2, 0.25) is 0 Å². The molecule has 1 heterocycles. The first-order valence-electron chi connectivity index (χ1n) is 3.74. The molecule has 1 rings (SSSR count). The molecule has 0 atom stereocenters. The molecule has 0 unspecified atom stereocenters. The van der Waals surface area contributed by atoms with E-state index in [0.717, 1.165) is 4.90 Å². The molecular weight excluding hydrogens is 166 g/mol. The quantitative estimate of drug-likeness (QED) is 0.324. The lowest BCUT2D eigenvalue weighted by Gasteiger charge is -2.01. The van der Waals surface area contributed by atoms with Crippen molar-refractivity contribution in [2.24, 2.45) is 0 Å². The van der Waals surface area contributed by atoms with Crippen molar-refractivity contribution in [2.75, 3.05) is 0 Å². The fourth-order valence-corrected chi connectivity index (χ4v) is 0.780. The molecule has 0 bridgehead atoms. The molecule has 0 saturated heterocycles. The second kappa shape index (κ2) is 4.13. The van der Waals surface area contributed by atoms with E-state index in [-0.39, 0.29) is 0 Å². The Morgan fingerprint density at radius 1 is 1.23 bits per heavy atom. The monoisotopic (exact) mass is 173 g/mol. The smallest absolute Gasteiger partial charge is 0.265 e. The first-order valence-corrected chi connectivity index (χ1v) is 3.74. The topological polar surface area (TPSA) is 37.4 Å². The fourth-order valence-electron chi connectivity index (χ4n) is 0.780. The Hall–Kier alpha value is -2.00. The third kappa shape index (κ3) is 2.21. The number of carbonyl (C=O) groups is 2. The highest BCUT2D eigenvalue weighted by Crippen LogP contribution is 2.00. The maximum absolute atomic E-state index is 10.9. The van der Waals surface area contributed by atoms with Crippen molar-refractivity contribution < 1.29 is 9.59 Å². The highest BCUT2D eigenvalue weighted by Gasteiger charge is 2.20. The molecule has 0 aromatic carbocycles. The number of terminal acetylenes is 1. The summed E-state index contributed by atoms with van der Waals surface area (Å²) in [6.45, 7) is 0. The summed E-state index contributed by atoms with van der Waals surface area (Å²) in [7, 11) is 0. The lowest BCUT2D eigenvalue weighted by atomic mass is 10.3. The van der Waals surface area contributed by atoms with Gasteiger partial charge in [0.15, 0.2) is 0 Å². The molecule has 0 radical (unpaired) electrons. The van der Waals surface area contributed by atoms with Gasteiger partial charge in [-0.3, -0.25) is 9.59 Å². The van der Waals surface area contributed by atoms with Gasteiger partial charge in [-0.05, 0) is 0 Å². The van der Waals surface area contributed by atoms with Gasteiger partial charge in [-0.25, -0.2) is 0 Å². The van der Waals surface area contributed by atoms with Gasteiger partial charge in [-0.15, -0.1) is 12.3 Å². The normalized spacial score (nSPS) is 13.9. The Morgan fingerprint density at radius 2 is 1.85 bits per heavy atom. The minimum Gasteiger partial charge on any atom is -0.268 e. The summed E-state index contributed by atoms with van der Waals surface area (Å²) >= 11 is 0. The number of amides is 2. The maximum atomic E-state index is 10.9. The average Bonchev–Trinajstić information content (AvgIpc) is 2.42. The number of carbonyl (C=O) groups excluding carboxylic acids is 2. The summed E-state index contributed by atoms with van der Waals surface area (Å²) in [4.78, 5) is 22.7. The maximum Gasteiger partial charge on any atom is 0.265 e. The summed E-state index contributed by atoms with van der Waals surface area (Å²) in [5, 5.41) is 0. The summed E-state index contributed by atoms with van der Waals surface area (Å²) in [5.41, 5.74) is 0. The molecule has 0 spiro atoms. The van der Waals surface area contributed by atoms with Gasteiger partial charge in [0.2, 0.25) is 0 Å². The molecule has 13 heavy (non-hydrogen) atoms. The molecule has 1 aliphatic rings. The Balaban J connectivity index is 2.54. The van der Waals surface area contributed by atoms with E-state index in [1.807, 2.05) is 0 Å². The van der Waals surface area contributed by atoms with Gasteiger partial charge >= 0.3 is 0 Å². The Bertz CT molecular complexity index is 345. The molecule has 2 amide bonds. The molecule has 3 nitrogen and oxygen atoms in total. The third-order valence-corrected chi connectivity index (χ3v) is 1.39. The lowest BCUT2D eigenvalue weighted by molar-refractivity contribution is -0.132. The van der Waals surface area contributed by atoms with Crippen molar-refractivity contribution in [3.05, 3.63) is 12.2 Å². The first-order chi connectivity index (χ1) is 6.25. The highest BCUT2D eigenvalue weighted by atomic mass is 16.2. The Labute approximate surface area is 76.4 Å². The van der Waals surface area contributed by atoms with Gasteiger partial charge in [0.05, 0.1) is 0 Å². The van der Waals surface area contributed by atoms with Crippen molar-refractivity contribution >= 4 is 11.8 Å². The Morgan fingerprint density at radius 3 is 2.38 bits per heavy atom. The molecule has 0 N–H and O–H groups in total. The highest BCUT2D eigenvalue weighted by molar-refractivity contribution is 6.14. The van der Waals surface area contributed by atoms with Gasteiger partial charge in [-0.2, -0.15) is 4.90 Å². The van der Waals surface area contributed by atoms with Crippen molar-refractivity contribution in [3.63, 3.8) is 0 Å². The van der Waals surface area contributed by atoms with Crippen molar-refractivity contribution in [3.8, 4) is 24.3 Å². The first kappa shape index (κ1) is 9.09. The zero-order chi connectivity index (χ0) is 9.68. The zero-order valence-corrected chi connectivity index (χ0v) is 6.91. The average molecular weight is 173 g/mol. The molecule has 0 aliphatic carbocycles. The van der Waals surface area contributed by atoms with Gasteiger partial charge in [0.25, 0.3) is 11.8 Å². The van der Waals surface area contributed by atoms with E-state index in [4.69, 9.17) is 6.42 Å². The molecule has 0 aromatic rings. The van der Waals surface area contributed by atoms with Crippen molar-refractivity contribution in [1.29, 1.82) is 0 Å². The number of unbranched alkanes of at least 4 members (excludes halogenated alkanes) is 1. The van der Waals surface area contributed by atoms with Crippen LogP contribution in [-0.2, 0) is 9.59 Å². The summed E-state index contributed by atoms with van der Waals surface area (Å²) in [6, 6.07) is 2.44. The molecular formula is C10H7NO2. The van der Waals surface area contributed by atoms with Crippen LogP contribution in [0.15, 0.2) is 12.2 Å². The number of nitrogens with zero attached hydrogens (tertiary/aromatic N) is 1. The van der Waals surface area contributed by atoms with Crippen LogP contribution in [0.3, 0.4) is 0 Å². The minimum atomic E-state index is -0.391. The minimum absolute atomic E-state index is 0.391. The number of hydrogen-bond acceptors (Lipinski definition) is 2. The third-order valence-electron chi connectivity index (χ3n) is 1.39. The van der Waals surface area contributed by atoms with Crippen LogP contribution in [0.5, 0.6) is 0 Å². The molecule has 64 valence electrons. The van der Waals surface area contributed by atoms with E-state index in [2.05, 4.69) is 17.9 Å². The van der Waals surface area contributed by atoms with Crippen LogP contribution in [0, 0.1) is 24.3 Å². The van der Waals surface area contributed by atoms with Crippen molar-refractivity contribution in [2.45, 2.75) is 12.8 Å². The van der Waals surface area contributed by atoms with Gasteiger partial charge < -0.3 is 0 Å². The van der Waals surface area contributed by atoms with E-state index in [9.17, 15) is 9.59 Å². The van der Waals surface area contributed by atoms with E-state index in [1.165, 1.54) is 12.2 Å². The molecule has 0 saturated carbocycles. The zero-order valence-electron chi connectivity index (χ0n) is 6.91. The second-order valence-electron chi connectivity index (χ2n) is 2.34. The number of imide groups is 1. The van der Waals surface area contributed by atoms with E-state index < -0.39 is 11.8 Å². The number of rotatable bonds is 1. The summed E-state index contributed by atoms with van der Waals surface area (Å²) < 4.78 is 0. The predicted octanol–water partition coefficient (Wildman–Crippen LogP) is 0.286.